The van der Waals surface area contributed by atoms with E-state index >= 15 is 0 Å². The van der Waals surface area contributed by atoms with Crippen LogP contribution in [0.2, 0.25) is 0 Å². The number of hydrogen-bond donors (Lipinski definition) is 2. The van der Waals surface area contributed by atoms with Crippen molar-refractivity contribution in [3.05, 3.63) is 30.7 Å². The van der Waals surface area contributed by atoms with Crippen molar-refractivity contribution in [3.63, 3.8) is 0 Å². The van der Waals surface area contributed by atoms with Crippen LogP contribution in [-0.4, -0.2) is 61.9 Å². The lowest BCUT2D eigenvalue weighted by atomic mass is 10.0. The second-order valence-electron chi connectivity index (χ2n) is 6.55. The SMILES string of the molecule is [B]c1cccc(NC(=O)CN(C(=O)Cn2ncc3c(N)ncnc32)C2CC2)n1. The van der Waals surface area contributed by atoms with Crippen LogP contribution in [0.15, 0.2) is 30.7 Å². The minimum Gasteiger partial charge on any atom is -0.383 e. The van der Waals surface area contributed by atoms with Gasteiger partial charge in [0.25, 0.3) is 0 Å². The van der Waals surface area contributed by atoms with Crippen LogP contribution in [-0.2, 0) is 16.1 Å². The molecule has 140 valence electrons. The van der Waals surface area contributed by atoms with Gasteiger partial charge in [-0.25, -0.2) is 19.6 Å². The number of carbonyl (C=O) groups excluding carboxylic acids is 2. The molecule has 3 aromatic heterocycles. The summed E-state index contributed by atoms with van der Waals surface area (Å²) in [5.41, 5.74) is 6.58. The van der Waals surface area contributed by atoms with E-state index in [1.165, 1.54) is 17.2 Å². The normalized spacial score (nSPS) is 13.4. The lowest BCUT2D eigenvalue weighted by Gasteiger charge is -2.22. The highest BCUT2D eigenvalue weighted by Crippen LogP contribution is 2.27. The third-order valence-corrected chi connectivity index (χ3v) is 4.41. The van der Waals surface area contributed by atoms with Crippen molar-refractivity contribution >= 4 is 47.9 Å². The Hall–Kier alpha value is -3.50. The molecular formula is C17H17BN8O2. The molecule has 1 aliphatic rings. The highest BCUT2D eigenvalue weighted by Gasteiger charge is 2.34. The Morgan fingerprint density at radius 3 is 2.89 bits per heavy atom. The van der Waals surface area contributed by atoms with Crippen molar-refractivity contribution in [1.82, 2.24) is 29.6 Å². The van der Waals surface area contributed by atoms with E-state index < -0.39 is 0 Å². The van der Waals surface area contributed by atoms with Gasteiger partial charge in [-0.1, -0.05) is 12.1 Å². The minimum absolute atomic E-state index is 0.0414. The summed E-state index contributed by atoms with van der Waals surface area (Å²) in [7, 11) is 5.62. The first kappa shape index (κ1) is 17.9. The Balaban J connectivity index is 1.46. The van der Waals surface area contributed by atoms with Crippen molar-refractivity contribution in [2.24, 2.45) is 0 Å². The van der Waals surface area contributed by atoms with E-state index in [2.05, 4.69) is 25.4 Å². The van der Waals surface area contributed by atoms with Gasteiger partial charge < -0.3 is 16.0 Å². The van der Waals surface area contributed by atoms with E-state index in [0.29, 0.717) is 28.3 Å². The fourth-order valence-electron chi connectivity index (χ4n) is 2.91. The van der Waals surface area contributed by atoms with E-state index in [4.69, 9.17) is 13.6 Å². The predicted octanol–water partition coefficient (Wildman–Crippen LogP) is -0.773. The molecule has 0 unspecified atom stereocenters. The minimum atomic E-state index is -0.338. The molecule has 4 rings (SSSR count). The van der Waals surface area contributed by atoms with Gasteiger partial charge in [-0.3, -0.25) is 9.59 Å². The summed E-state index contributed by atoms with van der Waals surface area (Å²) in [4.78, 5) is 38.9. The number of anilines is 2. The van der Waals surface area contributed by atoms with Crippen LogP contribution in [0, 0.1) is 0 Å². The smallest absolute Gasteiger partial charge is 0.245 e. The molecule has 0 bridgehead atoms. The molecule has 1 fully saturated rings. The Labute approximate surface area is 161 Å². The fraction of sp³-hybridized carbons (Fsp3) is 0.294. The Kier molecular flexibility index (Phi) is 4.64. The van der Waals surface area contributed by atoms with Crippen LogP contribution in [0.1, 0.15) is 12.8 Å². The van der Waals surface area contributed by atoms with Gasteiger partial charge in [0.05, 0.1) is 11.6 Å². The third kappa shape index (κ3) is 3.78. The largest absolute Gasteiger partial charge is 0.383 e. The van der Waals surface area contributed by atoms with Gasteiger partial charge in [-0.05, 0) is 24.5 Å². The van der Waals surface area contributed by atoms with Crippen LogP contribution in [0.25, 0.3) is 11.0 Å². The van der Waals surface area contributed by atoms with Crippen molar-refractivity contribution in [2.45, 2.75) is 25.4 Å². The van der Waals surface area contributed by atoms with Gasteiger partial charge >= 0.3 is 0 Å². The molecule has 2 amide bonds. The zero-order valence-electron chi connectivity index (χ0n) is 14.9. The van der Waals surface area contributed by atoms with Crippen molar-refractivity contribution in [2.75, 3.05) is 17.6 Å². The summed E-state index contributed by atoms with van der Waals surface area (Å²) in [5.74, 6) is 0.0887. The number of fused-ring (bicyclic) bond motifs is 1. The molecule has 0 aliphatic heterocycles. The third-order valence-electron chi connectivity index (χ3n) is 4.41. The summed E-state index contributed by atoms with van der Waals surface area (Å²) >= 11 is 0. The Morgan fingerprint density at radius 2 is 2.14 bits per heavy atom. The topological polar surface area (TPSA) is 132 Å². The molecule has 3 heterocycles. The number of nitrogen functional groups attached to an aromatic ring is 1. The van der Waals surface area contributed by atoms with Crippen LogP contribution in [0.3, 0.4) is 0 Å². The van der Waals surface area contributed by atoms with Gasteiger partial charge in [-0.15, -0.1) is 0 Å². The number of aromatic nitrogens is 5. The molecule has 0 saturated heterocycles. The standard InChI is InChI=1S/C17H17BN8O2/c18-12-2-1-3-13(23-12)24-14(27)7-25(10-4-5-10)15(28)8-26-17-11(6-22-26)16(19)20-9-21-17/h1-3,6,9-10H,4-5,7-8H2,(H2,19,20,21)(H,23,24,27). The highest BCUT2D eigenvalue weighted by atomic mass is 16.2. The molecule has 1 aliphatic carbocycles. The van der Waals surface area contributed by atoms with Crippen molar-refractivity contribution in [3.8, 4) is 0 Å². The van der Waals surface area contributed by atoms with Crippen LogP contribution < -0.4 is 16.6 Å². The maximum absolute atomic E-state index is 12.8. The molecule has 28 heavy (non-hydrogen) atoms. The van der Waals surface area contributed by atoms with E-state index in [0.717, 1.165) is 12.8 Å². The van der Waals surface area contributed by atoms with Gasteiger partial charge in [0.2, 0.25) is 11.8 Å². The molecule has 0 spiro atoms. The summed E-state index contributed by atoms with van der Waals surface area (Å²) in [6.45, 7) is -0.115. The molecule has 0 aromatic carbocycles. The zero-order chi connectivity index (χ0) is 19.7. The molecule has 2 radical (unpaired) electrons. The number of nitrogens with one attached hydrogen (secondary N) is 1. The van der Waals surface area contributed by atoms with Crippen LogP contribution in [0.5, 0.6) is 0 Å². The second-order valence-corrected chi connectivity index (χ2v) is 6.55. The summed E-state index contributed by atoms with van der Waals surface area (Å²) in [6.07, 6.45) is 4.58. The molecule has 10 nitrogen and oxygen atoms in total. The lowest BCUT2D eigenvalue weighted by molar-refractivity contribution is -0.135. The number of amides is 2. The monoisotopic (exact) mass is 376 g/mol. The number of nitrogens with zero attached hydrogens (tertiary/aromatic N) is 6. The number of hydrogen-bond acceptors (Lipinski definition) is 7. The zero-order valence-corrected chi connectivity index (χ0v) is 14.9. The first-order valence-electron chi connectivity index (χ1n) is 8.75. The molecular weight excluding hydrogens is 359 g/mol. The molecule has 11 heteroatoms. The predicted molar refractivity (Wildman–Crippen MR) is 103 cm³/mol. The highest BCUT2D eigenvalue weighted by molar-refractivity contribution is 6.30. The number of carbonyl (C=O) groups is 2. The number of pyridine rings is 1. The fourth-order valence-corrected chi connectivity index (χ4v) is 2.91. The van der Waals surface area contributed by atoms with Gasteiger partial charge in [0, 0.05) is 6.04 Å². The molecule has 3 N–H and O–H groups in total. The quantitative estimate of drug-likeness (QED) is 0.540. The summed E-state index contributed by atoms with van der Waals surface area (Å²) < 4.78 is 1.46. The van der Waals surface area contributed by atoms with Crippen LogP contribution >= 0.6 is 0 Å². The van der Waals surface area contributed by atoms with Gasteiger partial charge in [0.1, 0.15) is 38.9 Å². The maximum atomic E-state index is 12.8. The Morgan fingerprint density at radius 1 is 1.32 bits per heavy atom. The molecule has 1 saturated carbocycles. The van der Waals surface area contributed by atoms with Crippen molar-refractivity contribution in [1.29, 1.82) is 0 Å². The first-order valence-corrected chi connectivity index (χ1v) is 8.75. The average Bonchev–Trinajstić information content (AvgIpc) is 3.41. The van der Waals surface area contributed by atoms with Gasteiger partial charge in [-0.2, -0.15) is 5.10 Å². The van der Waals surface area contributed by atoms with E-state index in [1.54, 1.807) is 23.1 Å². The van der Waals surface area contributed by atoms with Gasteiger partial charge in [0.15, 0.2) is 5.65 Å². The molecule has 3 aromatic rings. The lowest BCUT2D eigenvalue weighted by Crippen LogP contribution is -2.41. The van der Waals surface area contributed by atoms with Crippen LogP contribution in [0.4, 0.5) is 11.6 Å². The number of nitrogens with two attached hydrogens (primary N) is 1. The summed E-state index contributed by atoms with van der Waals surface area (Å²) in [6, 6.07) is 5.00. The van der Waals surface area contributed by atoms with E-state index in [9.17, 15) is 9.59 Å². The number of rotatable bonds is 6. The second kappa shape index (κ2) is 7.26. The first-order chi connectivity index (χ1) is 13.5. The van der Waals surface area contributed by atoms with E-state index in [-0.39, 0.29) is 30.9 Å². The Bertz CT molecular complexity index is 1050. The summed E-state index contributed by atoms with van der Waals surface area (Å²) in [5, 5.41) is 7.42. The van der Waals surface area contributed by atoms with Crippen molar-refractivity contribution < 1.29 is 9.59 Å². The maximum Gasteiger partial charge on any atom is 0.245 e. The average molecular weight is 376 g/mol. The molecule has 0 atom stereocenters. The van der Waals surface area contributed by atoms with E-state index in [1.807, 2.05) is 0 Å².